The third-order valence-corrected chi connectivity index (χ3v) is 27.7. The molecule has 4 saturated heterocycles. The number of aliphatic hydroxyl groups is 4. The molecular weight excluding hydrogens is 1780 g/mol. The summed E-state index contributed by atoms with van der Waals surface area (Å²) in [7, 11) is 0. The van der Waals surface area contributed by atoms with Crippen molar-refractivity contribution in [1.29, 1.82) is 5.26 Å². The van der Waals surface area contributed by atoms with E-state index in [-0.39, 0.29) is 169 Å². The van der Waals surface area contributed by atoms with Crippen LogP contribution in [-0.2, 0) is 72.9 Å². The number of carbonyl (C=O) groups excluding carboxylic acids is 8. The van der Waals surface area contributed by atoms with E-state index in [0.717, 1.165) is 61.0 Å². The first-order valence-electron chi connectivity index (χ1n) is 47.7. The second kappa shape index (κ2) is 46.1. The number of amides is 4. The topological polar surface area (TPSA) is 363 Å². The number of likely N-dealkylation sites (tertiary alicyclic amines) is 4. The second-order valence-corrected chi connectivity index (χ2v) is 44.7. The van der Waals surface area contributed by atoms with E-state index in [1.807, 2.05) is 235 Å². The van der Waals surface area contributed by atoms with Crippen LogP contribution in [0.1, 0.15) is 313 Å². The van der Waals surface area contributed by atoms with Crippen LogP contribution in [0.15, 0.2) is 147 Å². The molecule has 14 atom stereocenters. The van der Waals surface area contributed by atoms with Gasteiger partial charge < -0.3 is 53.6 Å². The Morgan fingerprint density at radius 3 is 1.09 bits per heavy atom. The van der Waals surface area contributed by atoms with Gasteiger partial charge in [0.1, 0.15) is 41.1 Å². The van der Waals surface area contributed by atoms with Gasteiger partial charge >= 0.3 is 0 Å². The average Bonchev–Trinajstić information content (AvgIpc) is 1.65. The third-order valence-electron chi connectivity index (χ3n) is 26.2. The lowest BCUT2D eigenvalue weighted by Crippen LogP contribution is -2.45. The van der Waals surface area contributed by atoms with E-state index in [2.05, 4.69) is 64.5 Å². The van der Waals surface area contributed by atoms with Crippen molar-refractivity contribution in [1.82, 2.24) is 49.8 Å². The number of rotatable bonds is 29. The number of hydrogen-bond donors (Lipinski definition) is 4. The molecule has 0 saturated carbocycles. The highest BCUT2D eigenvalue weighted by atomic mass is 35.5. The molecule has 734 valence electrons. The molecule has 0 aliphatic carbocycles. The van der Waals surface area contributed by atoms with E-state index >= 15 is 0 Å². The number of hydrogen-bond acceptors (Lipinski definition) is 22. The van der Waals surface area contributed by atoms with Gasteiger partial charge in [0.25, 0.3) is 0 Å². The van der Waals surface area contributed by atoms with Crippen molar-refractivity contribution in [2.75, 3.05) is 26.2 Å². The Morgan fingerprint density at radius 1 is 0.456 bits per heavy atom. The highest BCUT2D eigenvalue weighted by molar-refractivity contribution is 7.13. The SMILES string of the molecule is CC(C)C(C(=O)N1CC(O)CC1C(=O)CCc1ccc(Cl)cc1)c1cc(C(C)(C)C)no1.CC(CC(=O)C1CC(O)CN1C(=O)C(c1cc(C(C)(C)C)no1)C(C)C)c1ccc(C#N)cc1.CC(CC(=O)C1CC(O)CN1C(=O)C(c1cc(C(C)(C)C)no1)C(C)C)c1ccc(Cl)cc1.Cc1ncsc1-c1ccc(CCC(=O)C2CC(O)CN2C(=O)C(C(C)C)n2cc(C(C)(C)C)cn2)cc1. The van der Waals surface area contributed by atoms with E-state index < -0.39 is 72.4 Å². The summed E-state index contributed by atoms with van der Waals surface area (Å²) in [5.74, 6) is -1.43. The first-order chi connectivity index (χ1) is 63.7. The van der Waals surface area contributed by atoms with E-state index in [1.54, 1.807) is 55.0 Å². The van der Waals surface area contributed by atoms with E-state index in [1.165, 1.54) is 4.90 Å². The van der Waals surface area contributed by atoms with E-state index in [0.29, 0.717) is 58.6 Å². The minimum Gasteiger partial charge on any atom is -0.391 e. The highest BCUT2D eigenvalue weighted by Gasteiger charge is 2.49. The van der Waals surface area contributed by atoms with Crippen molar-refractivity contribution in [3.63, 3.8) is 0 Å². The Balaban J connectivity index is 0.000000188. The summed E-state index contributed by atoms with van der Waals surface area (Å²) in [6.07, 6.45) is 4.22. The minimum absolute atomic E-state index is 0.00868. The monoisotopic (exact) mass is 1920 g/mol. The molecule has 4 aromatic carbocycles. The molecule has 26 nitrogen and oxygen atoms in total. The Bertz CT molecular complexity index is 5580. The minimum atomic E-state index is -0.740. The number of benzene rings is 4. The molecule has 4 N–H and O–H groups in total. The standard InChI is InChI=1S/C29H38N4O3S.C27H35N3O4.C26H35ClN2O4.C25H33ClN2O4/c1-18(2)26(33-15-22(14-31-33)29(4,5)6)28(36)32-16-23(34)13-24(32)25(35)12-9-20-7-10-21(11-8-20)27-19(3)30-17-37-27;1-16(2)25(23-13-24(29-34-23)27(4,5)6)26(33)30-15-20(31)12-21(30)22(32)11-17(3)19-9-7-18(14-28)8-10-19;1-15(2)24(22-13-23(28-33-22)26(4,5)6)25(32)29-14-19(30)12-20(29)21(31)11-16(3)17-7-9-18(27)10-8-17;1-15(2)23(21-13-22(27-32-21)25(3,4)5)24(31)28-14-18(29)12-19(28)20(30)11-8-16-6-9-17(26)10-7-16/h7-8,10-11,14-15,17-18,23-24,26,34H,9,12-13,16H2,1-6H3;7-10,13,16-17,20-21,25,31H,11-12,15H2,1-6H3;7-10,13,15-16,19-20,24,30H,11-12,14H2,1-6H3;6-7,9-10,13,15,18-19,23,29H,8,11-12,14H2,1-5H3. The summed E-state index contributed by atoms with van der Waals surface area (Å²) in [6.45, 7) is 46.8. The molecule has 4 aliphatic heterocycles. The fraction of sp³-hybridized carbons (Fsp3) is 0.551. The van der Waals surface area contributed by atoms with E-state index in [4.69, 9.17) is 42.0 Å². The maximum absolute atomic E-state index is 13.8. The molecule has 0 radical (unpaired) electrons. The Morgan fingerprint density at radius 2 is 0.787 bits per heavy atom. The average molecular weight is 1920 g/mol. The number of Topliss-reactive ketones (excluding diaryl/α,β-unsaturated/α-hetero) is 4. The Hall–Kier alpha value is -10.2. The Labute approximate surface area is 816 Å². The van der Waals surface area contributed by atoms with Gasteiger partial charge in [-0.2, -0.15) is 10.4 Å². The zero-order valence-corrected chi connectivity index (χ0v) is 85.7. The normalized spacial score (nSPS) is 20.0. The van der Waals surface area contributed by atoms with Crippen LogP contribution in [0.2, 0.25) is 10.0 Å². The molecule has 9 aromatic rings. The van der Waals surface area contributed by atoms with Crippen molar-refractivity contribution < 1.29 is 72.4 Å². The van der Waals surface area contributed by atoms with Gasteiger partial charge in [-0.25, -0.2) is 4.98 Å². The van der Waals surface area contributed by atoms with Crippen molar-refractivity contribution >= 4 is 81.3 Å². The van der Waals surface area contributed by atoms with Crippen molar-refractivity contribution in [2.45, 2.75) is 329 Å². The summed E-state index contributed by atoms with van der Waals surface area (Å²) in [5.41, 5.74) is 11.3. The van der Waals surface area contributed by atoms with Crippen LogP contribution in [0, 0.1) is 41.9 Å². The molecule has 4 amide bonds. The molecule has 0 spiro atoms. The van der Waals surface area contributed by atoms with Crippen LogP contribution < -0.4 is 0 Å². The zero-order valence-electron chi connectivity index (χ0n) is 83.4. The number of ketones is 4. The smallest absolute Gasteiger partial charge is 0.248 e. The van der Waals surface area contributed by atoms with Gasteiger partial charge in [-0.3, -0.25) is 43.0 Å². The van der Waals surface area contributed by atoms with Crippen LogP contribution in [-0.4, -0.2) is 192 Å². The summed E-state index contributed by atoms with van der Waals surface area (Å²) in [5, 5.41) is 68.8. The number of aliphatic hydroxyl groups excluding tert-OH is 4. The molecule has 0 bridgehead atoms. The van der Waals surface area contributed by atoms with Crippen molar-refractivity contribution in [2.24, 2.45) is 23.7 Å². The predicted octanol–water partition coefficient (Wildman–Crippen LogP) is 18.9. The molecule has 9 heterocycles. The number of nitrogens with zero attached hydrogens (tertiary/aromatic N) is 11. The maximum Gasteiger partial charge on any atom is 0.248 e. The first kappa shape index (κ1) is 108. The highest BCUT2D eigenvalue weighted by Crippen LogP contribution is 2.41. The number of β-amino-alcohol motifs (C(OH)–C–C–N with tert-alkyl or cyclic N) is 4. The maximum atomic E-state index is 13.8. The van der Waals surface area contributed by atoms with Gasteiger partial charge in [-0.15, -0.1) is 11.3 Å². The van der Waals surface area contributed by atoms with Crippen LogP contribution in [0.25, 0.3) is 10.4 Å². The van der Waals surface area contributed by atoms with Crippen molar-refractivity contribution in [3.8, 4) is 16.5 Å². The quantitative estimate of drug-likeness (QED) is 0.0338. The van der Waals surface area contributed by atoms with Crippen LogP contribution in [0.3, 0.4) is 0 Å². The van der Waals surface area contributed by atoms with Gasteiger partial charge in [0.15, 0.2) is 23.1 Å². The zero-order chi connectivity index (χ0) is 100. The molecule has 13 rings (SSSR count). The fourth-order valence-corrected chi connectivity index (χ4v) is 19.1. The summed E-state index contributed by atoms with van der Waals surface area (Å²) >= 11 is 13.5. The lowest BCUT2D eigenvalue weighted by Gasteiger charge is -2.30. The first-order valence-corrected chi connectivity index (χ1v) is 49.4. The molecule has 4 fully saturated rings. The van der Waals surface area contributed by atoms with Gasteiger partial charge in [0.05, 0.1) is 99.6 Å². The molecule has 4 aliphatic rings. The van der Waals surface area contributed by atoms with Crippen LogP contribution >= 0.6 is 34.5 Å². The molecule has 136 heavy (non-hydrogen) atoms. The lowest BCUT2D eigenvalue weighted by molar-refractivity contribution is -0.141. The number of carbonyl (C=O) groups is 8. The largest absolute Gasteiger partial charge is 0.391 e. The summed E-state index contributed by atoms with van der Waals surface area (Å²) < 4.78 is 18.5. The second-order valence-electron chi connectivity index (χ2n) is 42.9. The fourth-order valence-electron chi connectivity index (χ4n) is 18.0. The van der Waals surface area contributed by atoms with Crippen LogP contribution in [0.4, 0.5) is 0 Å². The number of aromatic nitrogens is 6. The predicted molar refractivity (Wildman–Crippen MR) is 527 cm³/mol. The summed E-state index contributed by atoms with van der Waals surface area (Å²) in [6, 6.07) is 34.8. The Kier molecular flexibility index (Phi) is 36.5. The van der Waals surface area contributed by atoms with E-state index in [9.17, 15) is 58.8 Å². The lowest BCUT2D eigenvalue weighted by atomic mass is 9.87. The number of nitriles is 1. The van der Waals surface area contributed by atoms with Gasteiger partial charge in [0.2, 0.25) is 23.6 Å². The van der Waals surface area contributed by atoms with Gasteiger partial charge in [-0.1, -0.05) is 252 Å². The van der Waals surface area contributed by atoms with Gasteiger partial charge in [0, 0.05) is 128 Å². The summed E-state index contributed by atoms with van der Waals surface area (Å²) in [4.78, 5) is 119. The molecule has 5 aromatic heterocycles. The molecular formula is C107H141Cl2N11O15S. The van der Waals surface area contributed by atoms with Crippen molar-refractivity contribution in [3.05, 3.63) is 217 Å². The third kappa shape index (κ3) is 27.7. The molecule has 14 unspecified atom stereocenters. The van der Waals surface area contributed by atoms with Crippen LogP contribution in [0.5, 0.6) is 0 Å². The number of halogens is 2. The molecule has 29 heteroatoms. The number of aryl methyl sites for hydroxylation is 3. The van der Waals surface area contributed by atoms with Gasteiger partial charge in [-0.05, 0) is 130 Å². The number of thiazole rings is 1.